The van der Waals surface area contributed by atoms with Gasteiger partial charge in [0.1, 0.15) is 17.0 Å². The average Bonchev–Trinajstić information content (AvgIpc) is 2.58. The molecule has 0 amide bonds. The molecular weight excluding hydrogens is 208 g/mol. The van der Waals surface area contributed by atoms with E-state index in [1.54, 1.807) is 6.92 Å². The number of ether oxygens (including phenoxy) is 1. The molecule has 0 N–H and O–H groups in total. The van der Waals surface area contributed by atoms with Crippen molar-refractivity contribution in [2.75, 3.05) is 6.61 Å². The average molecular weight is 226 g/mol. The largest absolute Gasteiger partial charge is 0.465 e. The lowest BCUT2D eigenvalue weighted by Gasteiger charge is -2.24. The Balaban J connectivity index is 2.80. The number of hydrogen-bond donors (Lipinski definition) is 0. The summed E-state index contributed by atoms with van der Waals surface area (Å²) in [5.74, 6) is -0.505. The van der Waals surface area contributed by atoms with E-state index in [0.717, 1.165) is 6.42 Å². The van der Waals surface area contributed by atoms with Gasteiger partial charge in [-0.3, -0.25) is 9.59 Å². The lowest BCUT2D eigenvalue weighted by Crippen LogP contribution is -2.37. The maximum Gasteiger partial charge on any atom is 0.319 e. The zero-order valence-corrected chi connectivity index (χ0v) is 9.88. The van der Waals surface area contributed by atoms with Crippen LogP contribution in [0.15, 0.2) is 0 Å². The number of Topliss-reactive ketones (excluding diaryl/α,β-unsaturated/α-hetero) is 2. The van der Waals surface area contributed by atoms with E-state index >= 15 is 0 Å². The molecule has 4 heteroatoms. The Morgan fingerprint density at radius 1 is 1.44 bits per heavy atom. The van der Waals surface area contributed by atoms with Gasteiger partial charge in [-0.2, -0.15) is 0 Å². The lowest BCUT2D eigenvalue weighted by molar-refractivity contribution is -0.159. The molecule has 0 aromatic rings. The zero-order valence-electron chi connectivity index (χ0n) is 9.88. The van der Waals surface area contributed by atoms with Crippen LogP contribution in [-0.4, -0.2) is 24.1 Å². The van der Waals surface area contributed by atoms with Crippen LogP contribution >= 0.6 is 0 Å². The van der Waals surface area contributed by atoms with Crippen molar-refractivity contribution in [1.82, 2.24) is 0 Å². The zero-order chi connectivity index (χ0) is 12.2. The second-order valence-electron chi connectivity index (χ2n) is 4.28. The SMILES string of the molecule is CCOC(=O)C1(CCC(C)=O)CCCC1=O. The van der Waals surface area contributed by atoms with E-state index in [4.69, 9.17) is 4.74 Å². The van der Waals surface area contributed by atoms with Crippen LogP contribution in [0.1, 0.15) is 46.0 Å². The molecule has 16 heavy (non-hydrogen) atoms. The van der Waals surface area contributed by atoms with E-state index in [2.05, 4.69) is 0 Å². The fourth-order valence-corrected chi connectivity index (χ4v) is 2.17. The molecule has 0 bridgehead atoms. The van der Waals surface area contributed by atoms with Gasteiger partial charge in [0.2, 0.25) is 0 Å². The molecule has 0 radical (unpaired) electrons. The van der Waals surface area contributed by atoms with Crippen molar-refractivity contribution >= 4 is 17.5 Å². The van der Waals surface area contributed by atoms with Crippen LogP contribution in [0.25, 0.3) is 0 Å². The summed E-state index contributed by atoms with van der Waals surface area (Å²) < 4.78 is 4.96. The van der Waals surface area contributed by atoms with Crippen LogP contribution in [0.5, 0.6) is 0 Å². The molecule has 1 fully saturated rings. The fourth-order valence-electron chi connectivity index (χ4n) is 2.17. The predicted octanol–water partition coefficient (Wildman–Crippen LogP) is 1.66. The van der Waals surface area contributed by atoms with Crippen molar-refractivity contribution < 1.29 is 19.1 Å². The monoisotopic (exact) mass is 226 g/mol. The van der Waals surface area contributed by atoms with Gasteiger partial charge >= 0.3 is 5.97 Å². The molecule has 0 saturated heterocycles. The Morgan fingerprint density at radius 3 is 2.56 bits per heavy atom. The summed E-state index contributed by atoms with van der Waals surface area (Å²) in [5.41, 5.74) is -1.03. The molecule has 0 aromatic heterocycles. The number of carbonyl (C=O) groups is 3. The number of carbonyl (C=O) groups excluding carboxylic acids is 3. The molecule has 1 aliphatic rings. The van der Waals surface area contributed by atoms with Gasteiger partial charge in [-0.15, -0.1) is 0 Å². The Hall–Kier alpha value is -1.19. The van der Waals surface area contributed by atoms with Crippen LogP contribution in [-0.2, 0) is 19.1 Å². The summed E-state index contributed by atoms with van der Waals surface area (Å²) >= 11 is 0. The van der Waals surface area contributed by atoms with Gasteiger partial charge in [0, 0.05) is 12.8 Å². The van der Waals surface area contributed by atoms with Crippen molar-refractivity contribution in [3.05, 3.63) is 0 Å². The highest BCUT2D eigenvalue weighted by Gasteiger charge is 2.49. The second kappa shape index (κ2) is 5.23. The minimum absolute atomic E-state index is 0.00312. The first-order valence-corrected chi connectivity index (χ1v) is 5.73. The van der Waals surface area contributed by atoms with Crippen LogP contribution in [0.4, 0.5) is 0 Å². The summed E-state index contributed by atoms with van der Waals surface area (Å²) in [6, 6.07) is 0. The minimum Gasteiger partial charge on any atom is -0.465 e. The standard InChI is InChI=1S/C12H18O4/c1-3-16-11(15)12(8-6-9(2)13)7-4-5-10(12)14/h3-8H2,1-2H3. The molecule has 4 nitrogen and oxygen atoms in total. The highest BCUT2D eigenvalue weighted by Crippen LogP contribution is 2.40. The first kappa shape index (κ1) is 12.9. The van der Waals surface area contributed by atoms with Gasteiger partial charge in [0.15, 0.2) is 0 Å². The topological polar surface area (TPSA) is 60.4 Å². The van der Waals surface area contributed by atoms with Crippen molar-refractivity contribution in [2.45, 2.75) is 46.0 Å². The van der Waals surface area contributed by atoms with Crippen LogP contribution in [0.2, 0.25) is 0 Å². The van der Waals surface area contributed by atoms with E-state index in [1.165, 1.54) is 6.92 Å². The number of esters is 1. The molecule has 90 valence electrons. The maximum absolute atomic E-state index is 11.8. The van der Waals surface area contributed by atoms with Crippen LogP contribution < -0.4 is 0 Å². The normalized spacial score (nSPS) is 24.5. The highest BCUT2D eigenvalue weighted by molar-refractivity contribution is 6.05. The smallest absolute Gasteiger partial charge is 0.319 e. The summed E-state index contributed by atoms with van der Waals surface area (Å²) in [6.45, 7) is 3.46. The lowest BCUT2D eigenvalue weighted by atomic mass is 9.80. The molecule has 0 aromatic carbocycles. The first-order chi connectivity index (χ1) is 7.53. The maximum atomic E-state index is 11.8. The Morgan fingerprint density at radius 2 is 2.12 bits per heavy atom. The molecule has 1 rings (SSSR count). The van der Waals surface area contributed by atoms with Gasteiger partial charge in [0.25, 0.3) is 0 Å². The Bertz CT molecular complexity index is 308. The second-order valence-corrected chi connectivity index (χ2v) is 4.28. The number of rotatable bonds is 5. The van der Waals surface area contributed by atoms with E-state index in [0.29, 0.717) is 19.3 Å². The molecule has 1 aliphatic carbocycles. The third-order valence-electron chi connectivity index (χ3n) is 3.11. The van der Waals surface area contributed by atoms with Crippen molar-refractivity contribution in [3.63, 3.8) is 0 Å². The highest BCUT2D eigenvalue weighted by atomic mass is 16.5. The summed E-state index contributed by atoms with van der Waals surface area (Å²) in [5, 5.41) is 0. The fraction of sp³-hybridized carbons (Fsp3) is 0.750. The first-order valence-electron chi connectivity index (χ1n) is 5.73. The third-order valence-corrected chi connectivity index (χ3v) is 3.11. The molecule has 1 atom stereocenters. The molecule has 0 heterocycles. The van der Waals surface area contributed by atoms with Crippen LogP contribution in [0, 0.1) is 5.41 Å². The van der Waals surface area contributed by atoms with E-state index < -0.39 is 11.4 Å². The van der Waals surface area contributed by atoms with Gasteiger partial charge in [0.05, 0.1) is 6.61 Å². The minimum atomic E-state index is -1.03. The molecule has 1 unspecified atom stereocenters. The number of ketones is 2. The molecular formula is C12H18O4. The van der Waals surface area contributed by atoms with Crippen molar-refractivity contribution in [3.8, 4) is 0 Å². The Labute approximate surface area is 95.3 Å². The molecule has 0 aliphatic heterocycles. The third kappa shape index (κ3) is 2.49. The van der Waals surface area contributed by atoms with Gasteiger partial charge in [-0.05, 0) is 33.1 Å². The predicted molar refractivity (Wildman–Crippen MR) is 57.8 cm³/mol. The van der Waals surface area contributed by atoms with Crippen molar-refractivity contribution in [2.24, 2.45) is 5.41 Å². The molecule has 1 saturated carbocycles. The van der Waals surface area contributed by atoms with Crippen LogP contribution in [0.3, 0.4) is 0 Å². The van der Waals surface area contributed by atoms with E-state index in [9.17, 15) is 14.4 Å². The Kier molecular flexibility index (Phi) is 4.21. The van der Waals surface area contributed by atoms with E-state index in [1.807, 2.05) is 0 Å². The quantitative estimate of drug-likeness (QED) is 0.528. The van der Waals surface area contributed by atoms with Gasteiger partial charge in [-0.1, -0.05) is 0 Å². The molecule has 0 spiro atoms. The van der Waals surface area contributed by atoms with Gasteiger partial charge < -0.3 is 9.53 Å². The van der Waals surface area contributed by atoms with Gasteiger partial charge in [-0.25, -0.2) is 0 Å². The van der Waals surface area contributed by atoms with Crippen molar-refractivity contribution in [1.29, 1.82) is 0 Å². The number of hydrogen-bond acceptors (Lipinski definition) is 4. The summed E-state index contributed by atoms with van der Waals surface area (Å²) in [6.07, 6.45) is 2.24. The summed E-state index contributed by atoms with van der Waals surface area (Å²) in [4.78, 5) is 34.6. The summed E-state index contributed by atoms with van der Waals surface area (Å²) in [7, 11) is 0. The van der Waals surface area contributed by atoms with E-state index in [-0.39, 0.29) is 24.6 Å².